The van der Waals surface area contributed by atoms with E-state index in [1.54, 1.807) is 38.1 Å². The topological polar surface area (TPSA) is 157 Å². The third kappa shape index (κ3) is 6.60. The fourth-order valence-electron chi connectivity index (χ4n) is 4.21. The summed E-state index contributed by atoms with van der Waals surface area (Å²) >= 11 is 0. The number of amidine groups is 1. The van der Waals surface area contributed by atoms with Gasteiger partial charge in [-0.2, -0.15) is 17.9 Å². The molecular weight excluding hydrogens is 576 g/mol. The lowest BCUT2D eigenvalue weighted by atomic mass is 10.0. The lowest BCUT2D eigenvalue weighted by Crippen LogP contribution is -2.29. The number of H-pyrrole nitrogens is 1. The van der Waals surface area contributed by atoms with Crippen molar-refractivity contribution in [2.24, 2.45) is 5.73 Å². The molecule has 4 rings (SSSR count). The van der Waals surface area contributed by atoms with Crippen molar-refractivity contribution >= 4 is 17.5 Å². The Hall–Kier alpha value is -5.34. The number of nitrogens with zero attached hydrogens (tertiary/aromatic N) is 2. The van der Waals surface area contributed by atoms with Crippen LogP contribution >= 0.6 is 0 Å². The van der Waals surface area contributed by atoms with Gasteiger partial charge in [-0.05, 0) is 49.7 Å². The molecule has 3 aromatic carbocycles. The number of methoxy groups -OCH3 is 1. The Bertz CT molecular complexity index is 1730. The summed E-state index contributed by atoms with van der Waals surface area (Å²) in [5.74, 6) is -4.51. The molecule has 5 N–H and O–H groups in total. The Morgan fingerprint density at radius 1 is 1.14 bits per heavy atom. The van der Waals surface area contributed by atoms with Crippen molar-refractivity contribution in [2.45, 2.75) is 26.1 Å². The van der Waals surface area contributed by atoms with Gasteiger partial charge in [-0.15, -0.1) is 5.10 Å². The quantitative estimate of drug-likeness (QED) is 0.0685. The average Bonchev–Trinajstić information content (AvgIpc) is 3.34. The van der Waals surface area contributed by atoms with Crippen molar-refractivity contribution in [1.29, 1.82) is 5.41 Å². The maximum Gasteiger partial charge on any atom is 0.491 e. The van der Waals surface area contributed by atoms with Crippen LogP contribution in [-0.2, 0) is 4.79 Å². The van der Waals surface area contributed by atoms with Crippen molar-refractivity contribution in [2.75, 3.05) is 19.0 Å². The van der Waals surface area contributed by atoms with E-state index >= 15 is 4.39 Å². The van der Waals surface area contributed by atoms with Crippen LogP contribution in [0, 0.1) is 18.2 Å². The van der Waals surface area contributed by atoms with Crippen molar-refractivity contribution in [3.63, 3.8) is 0 Å². The van der Waals surface area contributed by atoms with Crippen LogP contribution in [0.3, 0.4) is 0 Å². The summed E-state index contributed by atoms with van der Waals surface area (Å²) in [6.07, 6.45) is -5.33. The SMILES string of the molecule is CCOc1cc(C)cc(C(Nc2ccc(C(=N)N)c(OC(=O)C(F)(F)F)c2)c2nn(-c3ccccc3OC)c(=O)[nH]2)c1F. The van der Waals surface area contributed by atoms with Crippen LogP contribution in [0.25, 0.3) is 5.69 Å². The largest absolute Gasteiger partial charge is 0.494 e. The Kier molecular flexibility index (Phi) is 8.73. The maximum atomic E-state index is 15.8. The van der Waals surface area contributed by atoms with Gasteiger partial charge < -0.3 is 25.3 Å². The number of carbonyl (C=O) groups excluding carboxylic acids is 1. The molecule has 4 aromatic rings. The molecule has 0 radical (unpaired) electrons. The van der Waals surface area contributed by atoms with E-state index in [4.69, 9.17) is 20.6 Å². The summed E-state index contributed by atoms with van der Waals surface area (Å²) < 4.78 is 71.0. The maximum absolute atomic E-state index is 15.8. The minimum Gasteiger partial charge on any atom is -0.494 e. The number of benzene rings is 3. The number of aromatic amines is 1. The van der Waals surface area contributed by atoms with Gasteiger partial charge in [0.25, 0.3) is 0 Å². The first-order valence-electron chi connectivity index (χ1n) is 12.6. The van der Waals surface area contributed by atoms with Crippen LogP contribution in [0.4, 0.5) is 23.2 Å². The molecular formula is C28H26F4N6O5. The van der Waals surface area contributed by atoms with Crippen LogP contribution in [-0.4, -0.2) is 46.5 Å². The molecule has 1 heterocycles. The monoisotopic (exact) mass is 602 g/mol. The zero-order valence-electron chi connectivity index (χ0n) is 23.0. The number of anilines is 1. The van der Waals surface area contributed by atoms with Gasteiger partial charge >= 0.3 is 17.8 Å². The van der Waals surface area contributed by atoms with Crippen LogP contribution < -0.4 is 31.0 Å². The highest BCUT2D eigenvalue weighted by molar-refractivity contribution is 5.99. The van der Waals surface area contributed by atoms with E-state index in [1.807, 2.05) is 0 Å². The molecule has 1 atom stereocenters. The summed E-state index contributed by atoms with van der Waals surface area (Å²) in [5.41, 5.74) is 5.32. The standard InChI is InChI=1S/C28H26F4N6O5/c1-4-42-21-12-14(2)11-17(22(21)29)23(25-36-27(40)38(37-25)18-7-5-6-8-19(18)41-3)35-15-9-10-16(24(33)34)20(13-15)43-26(39)28(30,31)32/h5-13,23,35H,4H2,1-3H3,(H3,33,34)(H,36,37,40). The molecule has 0 amide bonds. The molecule has 15 heteroatoms. The number of hydrogen-bond acceptors (Lipinski definition) is 8. The number of nitrogen functional groups attached to an aromatic ring is 1. The van der Waals surface area contributed by atoms with Crippen LogP contribution in [0.5, 0.6) is 17.2 Å². The molecule has 0 saturated heterocycles. The number of esters is 1. The molecule has 226 valence electrons. The van der Waals surface area contributed by atoms with Gasteiger partial charge in [0.15, 0.2) is 17.4 Å². The van der Waals surface area contributed by atoms with Crippen LogP contribution in [0.2, 0.25) is 0 Å². The minimum atomic E-state index is -5.33. The fraction of sp³-hybridized carbons (Fsp3) is 0.214. The highest BCUT2D eigenvalue weighted by Gasteiger charge is 2.42. The molecule has 1 unspecified atom stereocenters. The zero-order chi connectivity index (χ0) is 31.5. The third-order valence-corrected chi connectivity index (χ3v) is 6.06. The van der Waals surface area contributed by atoms with E-state index < -0.39 is 41.3 Å². The minimum absolute atomic E-state index is 0.00605. The van der Waals surface area contributed by atoms with E-state index in [2.05, 4.69) is 20.1 Å². The number of nitrogens with one attached hydrogen (secondary N) is 3. The van der Waals surface area contributed by atoms with E-state index in [0.29, 0.717) is 11.3 Å². The van der Waals surface area contributed by atoms with Gasteiger partial charge in [-0.1, -0.05) is 18.2 Å². The highest BCUT2D eigenvalue weighted by Crippen LogP contribution is 2.34. The number of aryl methyl sites for hydroxylation is 1. The molecule has 1 aromatic heterocycles. The number of halogens is 4. The molecule has 0 aliphatic rings. The number of aromatic nitrogens is 3. The molecule has 11 nitrogen and oxygen atoms in total. The van der Waals surface area contributed by atoms with Crippen molar-refractivity contribution in [1.82, 2.24) is 14.8 Å². The highest BCUT2D eigenvalue weighted by atomic mass is 19.4. The normalized spacial score (nSPS) is 12.0. The number of hydrogen-bond donors (Lipinski definition) is 4. The van der Waals surface area contributed by atoms with E-state index in [9.17, 15) is 22.8 Å². The first-order chi connectivity index (χ1) is 20.3. The summed E-state index contributed by atoms with van der Waals surface area (Å²) in [6.45, 7) is 3.51. The van der Waals surface area contributed by atoms with Gasteiger partial charge in [0.05, 0.1) is 19.3 Å². The van der Waals surface area contributed by atoms with Crippen LogP contribution in [0.1, 0.15) is 35.5 Å². The van der Waals surface area contributed by atoms with Gasteiger partial charge in [-0.3, -0.25) is 10.4 Å². The van der Waals surface area contributed by atoms with Gasteiger partial charge in [-0.25, -0.2) is 14.0 Å². The molecule has 0 bridgehead atoms. The van der Waals surface area contributed by atoms with Crippen molar-refractivity contribution < 1.29 is 36.6 Å². The number of carbonyl (C=O) groups is 1. The van der Waals surface area contributed by atoms with E-state index in [-0.39, 0.29) is 40.7 Å². The molecule has 0 saturated carbocycles. The number of alkyl halides is 3. The third-order valence-electron chi connectivity index (χ3n) is 6.06. The second-order valence-electron chi connectivity index (χ2n) is 9.09. The number of para-hydroxylation sites is 2. The van der Waals surface area contributed by atoms with Gasteiger partial charge in [0, 0.05) is 17.3 Å². The summed E-state index contributed by atoms with van der Waals surface area (Å²) in [7, 11) is 1.41. The molecule has 0 aliphatic carbocycles. The van der Waals surface area contributed by atoms with E-state index in [0.717, 1.165) is 16.8 Å². The lowest BCUT2D eigenvalue weighted by molar-refractivity contribution is -0.189. The fourth-order valence-corrected chi connectivity index (χ4v) is 4.21. The zero-order valence-corrected chi connectivity index (χ0v) is 23.0. The Balaban J connectivity index is 1.88. The molecule has 0 spiro atoms. The predicted octanol–water partition coefficient (Wildman–Crippen LogP) is 4.37. The number of ether oxygens (including phenoxy) is 3. The Morgan fingerprint density at radius 2 is 1.86 bits per heavy atom. The van der Waals surface area contributed by atoms with E-state index in [1.165, 1.54) is 25.3 Å². The van der Waals surface area contributed by atoms with Gasteiger partial charge in [0.1, 0.15) is 29.1 Å². The summed E-state index contributed by atoms with van der Waals surface area (Å²) in [5, 5.41) is 15.0. The van der Waals surface area contributed by atoms with Crippen LogP contribution in [0.15, 0.2) is 59.4 Å². The summed E-state index contributed by atoms with van der Waals surface area (Å²) in [4.78, 5) is 27.2. The van der Waals surface area contributed by atoms with Gasteiger partial charge in [0.2, 0.25) is 0 Å². The lowest BCUT2D eigenvalue weighted by Gasteiger charge is -2.21. The average molecular weight is 603 g/mol. The number of rotatable bonds is 10. The van der Waals surface area contributed by atoms with Crippen molar-refractivity contribution in [3.05, 3.63) is 93.4 Å². The predicted molar refractivity (Wildman–Crippen MR) is 148 cm³/mol. The summed E-state index contributed by atoms with van der Waals surface area (Å²) in [6, 6.07) is 11.7. The molecule has 0 aliphatic heterocycles. The molecule has 0 fully saturated rings. The Labute approximate surface area is 241 Å². The molecule has 43 heavy (non-hydrogen) atoms. The second kappa shape index (κ2) is 12.3. The second-order valence-corrected chi connectivity index (χ2v) is 9.09. The smallest absolute Gasteiger partial charge is 0.491 e. The number of nitrogens with two attached hydrogens (primary N) is 1. The first-order valence-corrected chi connectivity index (χ1v) is 12.6. The van der Waals surface area contributed by atoms with Crippen molar-refractivity contribution in [3.8, 4) is 22.9 Å². The first kappa shape index (κ1) is 30.6. The Morgan fingerprint density at radius 3 is 2.51 bits per heavy atom.